The number of aryl methyl sites for hydroxylation is 1. The Morgan fingerprint density at radius 3 is 2.45 bits per heavy atom. The Morgan fingerprint density at radius 1 is 1.14 bits per heavy atom. The van der Waals surface area contributed by atoms with Gasteiger partial charge in [0.15, 0.2) is 0 Å². The number of nitrogens with two attached hydrogens (primary N) is 1. The van der Waals surface area contributed by atoms with Gasteiger partial charge in [-0.3, -0.25) is 14.8 Å². The quantitative estimate of drug-likeness (QED) is 0.556. The van der Waals surface area contributed by atoms with Crippen molar-refractivity contribution in [2.75, 3.05) is 24.5 Å². The third-order valence-corrected chi connectivity index (χ3v) is 5.01. The fourth-order valence-corrected chi connectivity index (χ4v) is 3.29. The summed E-state index contributed by atoms with van der Waals surface area (Å²) in [4.78, 5) is 8.56. The molecule has 2 rings (SSSR count). The molecular formula is C25H34N4. The number of hydrogen-bond donors (Lipinski definition) is 1. The van der Waals surface area contributed by atoms with Gasteiger partial charge < -0.3 is 5.73 Å². The van der Waals surface area contributed by atoms with Crippen LogP contribution in [-0.4, -0.2) is 29.5 Å². The normalized spacial score (nSPS) is 12.3. The van der Waals surface area contributed by atoms with Gasteiger partial charge in [-0.1, -0.05) is 56.8 Å². The van der Waals surface area contributed by atoms with Crippen molar-refractivity contribution in [3.05, 3.63) is 90.0 Å². The third kappa shape index (κ3) is 6.06. The molecule has 0 radical (unpaired) electrons. The summed E-state index contributed by atoms with van der Waals surface area (Å²) in [7, 11) is 0. The monoisotopic (exact) mass is 390 g/mol. The van der Waals surface area contributed by atoms with E-state index in [0.717, 1.165) is 54.1 Å². The molecule has 0 amide bonds. The second-order valence-corrected chi connectivity index (χ2v) is 7.17. The van der Waals surface area contributed by atoms with Crippen molar-refractivity contribution in [3.63, 3.8) is 0 Å². The molecule has 4 heteroatoms. The van der Waals surface area contributed by atoms with Crippen LogP contribution in [0.15, 0.2) is 78.9 Å². The van der Waals surface area contributed by atoms with Crippen molar-refractivity contribution in [3.8, 4) is 0 Å². The average Bonchev–Trinajstić information content (AvgIpc) is 2.74. The van der Waals surface area contributed by atoms with E-state index in [4.69, 9.17) is 5.73 Å². The summed E-state index contributed by atoms with van der Waals surface area (Å²) in [6.07, 6.45) is 8.99. The average molecular weight is 391 g/mol. The Kier molecular flexibility index (Phi) is 8.68. The van der Waals surface area contributed by atoms with Gasteiger partial charge in [-0.15, -0.1) is 0 Å². The van der Waals surface area contributed by atoms with E-state index < -0.39 is 0 Å². The minimum absolute atomic E-state index is 0.666. The molecule has 29 heavy (non-hydrogen) atoms. The molecule has 4 nitrogen and oxygen atoms in total. The lowest BCUT2D eigenvalue weighted by Gasteiger charge is -2.29. The Bertz CT molecular complexity index is 852. The number of aromatic nitrogens is 1. The molecule has 0 atom stereocenters. The Hall–Kier alpha value is -2.85. The number of allylic oxidation sites excluding steroid dienone is 2. The van der Waals surface area contributed by atoms with Gasteiger partial charge in [0.25, 0.3) is 0 Å². The van der Waals surface area contributed by atoms with Crippen molar-refractivity contribution in [2.24, 2.45) is 5.73 Å². The van der Waals surface area contributed by atoms with Crippen molar-refractivity contribution in [1.29, 1.82) is 0 Å². The number of likely N-dealkylation sites (N-methyl/N-ethyl adjacent to an activating group) is 1. The molecule has 0 aliphatic carbocycles. The van der Waals surface area contributed by atoms with Crippen molar-refractivity contribution in [2.45, 2.75) is 34.1 Å². The Labute approximate surface area is 176 Å². The fraction of sp³-hybridized carbons (Fsp3) is 0.320. The predicted octanol–water partition coefficient (Wildman–Crippen LogP) is 5.35. The summed E-state index contributed by atoms with van der Waals surface area (Å²) in [5, 5.41) is 0. The highest BCUT2D eigenvalue weighted by atomic mass is 15.2. The van der Waals surface area contributed by atoms with Crippen molar-refractivity contribution in [1.82, 2.24) is 9.88 Å². The van der Waals surface area contributed by atoms with Crippen LogP contribution >= 0.6 is 0 Å². The number of hydrogen-bond acceptors (Lipinski definition) is 4. The first-order chi connectivity index (χ1) is 14.0. The topological polar surface area (TPSA) is 45.4 Å². The van der Waals surface area contributed by atoms with Gasteiger partial charge in [-0.05, 0) is 56.6 Å². The highest BCUT2D eigenvalue weighted by Crippen LogP contribution is 2.30. The van der Waals surface area contributed by atoms with Gasteiger partial charge in [-0.25, -0.2) is 0 Å². The summed E-state index contributed by atoms with van der Waals surface area (Å²) >= 11 is 0. The molecular weight excluding hydrogens is 356 g/mol. The molecule has 2 aromatic rings. The van der Waals surface area contributed by atoms with Gasteiger partial charge in [0.1, 0.15) is 5.82 Å². The van der Waals surface area contributed by atoms with Crippen molar-refractivity contribution >= 4 is 11.4 Å². The third-order valence-electron chi connectivity index (χ3n) is 5.01. The number of rotatable bonds is 10. The molecule has 1 aromatic carbocycles. The van der Waals surface area contributed by atoms with Gasteiger partial charge in [-0.2, -0.15) is 0 Å². The Balaban J connectivity index is 2.36. The van der Waals surface area contributed by atoms with Gasteiger partial charge in [0, 0.05) is 30.2 Å². The molecule has 0 aliphatic rings. The van der Waals surface area contributed by atoms with Crippen molar-refractivity contribution < 1.29 is 0 Å². The highest BCUT2D eigenvalue weighted by molar-refractivity contribution is 5.82. The van der Waals surface area contributed by atoms with Crippen LogP contribution in [-0.2, 0) is 0 Å². The lowest BCUT2D eigenvalue weighted by Crippen LogP contribution is -2.27. The molecule has 0 unspecified atom stereocenters. The molecule has 0 saturated carbocycles. The largest absolute Gasteiger partial charge is 0.385 e. The van der Waals surface area contributed by atoms with Gasteiger partial charge >= 0.3 is 0 Å². The van der Waals surface area contributed by atoms with Crippen LogP contribution in [0.25, 0.3) is 5.70 Å². The fourth-order valence-electron chi connectivity index (χ4n) is 3.29. The number of nitrogens with zero attached hydrogens (tertiary/aromatic N) is 3. The molecule has 0 bridgehead atoms. The summed E-state index contributed by atoms with van der Waals surface area (Å²) in [5.74, 6) is 0.666. The predicted molar refractivity (Wildman–Crippen MR) is 125 cm³/mol. The molecule has 2 N–H and O–H groups in total. The second kappa shape index (κ2) is 11.2. The van der Waals surface area contributed by atoms with Crippen LogP contribution in [0, 0.1) is 6.92 Å². The molecule has 1 heterocycles. The van der Waals surface area contributed by atoms with Crippen LogP contribution in [0.3, 0.4) is 0 Å². The second-order valence-electron chi connectivity index (χ2n) is 7.17. The maximum atomic E-state index is 6.65. The minimum atomic E-state index is 0.666. The SMILES string of the molecule is C=C(c1ccccc1C)N(/C(N)=C(C)/C=C\CN(CC)CCC)c1ccncc1. The van der Waals surface area contributed by atoms with Gasteiger partial charge in [0.05, 0.1) is 5.69 Å². The summed E-state index contributed by atoms with van der Waals surface area (Å²) in [6, 6.07) is 12.1. The lowest BCUT2D eigenvalue weighted by atomic mass is 10.0. The standard InChI is InChI=1S/C25H34N4/c1-6-18-28(7-2)19-10-12-21(4)25(26)29(23-14-16-27-17-15-23)22(5)24-13-9-8-11-20(24)3/h8-17H,5-7,18-19,26H2,1-4H3/b12-10-,25-21+. The molecule has 0 fully saturated rings. The van der Waals surface area contributed by atoms with E-state index in [1.807, 2.05) is 36.1 Å². The van der Waals surface area contributed by atoms with E-state index in [2.05, 4.69) is 61.5 Å². The molecule has 0 spiro atoms. The van der Waals surface area contributed by atoms with E-state index in [0.29, 0.717) is 5.82 Å². The maximum Gasteiger partial charge on any atom is 0.111 e. The van der Waals surface area contributed by atoms with E-state index in [1.54, 1.807) is 12.4 Å². The number of benzene rings is 1. The number of pyridine rings is 1. The Morgan fingerprint density at radius 2 is 1.83 bits per heavy atom. The zero-order chi connectivity index (χ0) is 21.2. The van der Waals surface area contributed by atoms with E-state index >= 15 is 0 Å². The molecule has 1 aromatic heterocycles. The summed E-state index contributed by atoms with van der Waals surface area (Å²) in [5.41, 5.74) is 11.7. The first-order valence-corrected chi connectivity index (χ1v) is 10.3. The molecule has 0 aliphatic heterocycles. The highest BCUT2D eigenvalue weighted by Gasteiger charge is 2.17. The maximum absolute atomic E-state index is 6.65. The summed E-state index contributed by atoms with van der Waals surface area (Å²) < 4.78 is 0. The van der Waals surface area contributed by atoms with Gasteiger partial charge in [0.2, 0.25) is 0 Å². The van der Waals surface area contributed by atoms with E-state index in [1.165, 1.54) is 0 Å². The van der Waals surface area contributed by atoms with E-state index in [-0.39, 0.29) is 0 Å². The first-order valence-electron chi connectivity index (χ1n) is 10.3. The number of anilines is 1. The smallest absolute Gasteiger partial charge is 0.111 e. The van der Waals surface area contributed by atoms with Crippen LogP contribution in [0.4, 0.5) is 5.69 Å². The lowest BCUT2D eigenvalue weighted by molar-refractivity contribution is 0.320. The van der Waals surface area contributed by atoms with Crippen LogP contribution in [0.1, 0.15) is 38.3 Å². The summed E-state index contributed by atoms with van der Waals surface area (Å²) in [6.45, 7) is 16.0. The molecule has 0 saturated heterocycles. The van der Waals surface area contributed by atoms with Crippen LogP contribution in [0.5, 0.6) is 0 Å². The zero-order valence-electron chi connectivity index (χ0n) is 18.2. The van der Waals surface area contributed by atoms with Crippen LogP contribution in [0.2, 0.25) is 0 Å². The molecule has 154 valence electrons. The zero-order valence-corrected chi connectivity index (χ0v) is 18.2. The van der Waals surface area contributed by atoms with E-state index in [9.17, 15) is 0 Å². The first kappa shape index (κ1) is 22.4. The minimum Gasteiger partial charge on any atom is -0.385 e. The van der Waals surface area contributed by atoms with Crippen LogP contribution < -0.4 is 10.6 Å².